The minimum absolute atomic E-state index is 0.0593. The van der Waals surface area contributed by atoms with Crippen molar-refractivity contribution in [1.82, 2.24) is 4.72 Å². The molecular formula is C6H7NO3S2. The number of rotatable bonds is 0. The predicted molar refractivity (Wildman–Crippen MR) is 44.3 cm³/mol. The number of hydrogen-bond donors (Lipinski definition) is 1. The molecule has 0 saturated heterocycles. The fourth-order valence-corrected chi connectivity index (χ4v) is 3.34. The molecule has 6 heteroatoms. The molecule has 0 radical (unpaired) electrons. The van der Waals surface area contributed by atoms with Gasteiger partial charge in [-0.25, -0.2) is 8.42 Å². The van der Waals surface area contributed by atoms with E-state index in [9.17, 15) is 8.42 Å². The van der Waals surface area contributed by atoms with E-state index in [1.54, 1.807) is 11.4 Å². The summed E-state index contributed by atoms with van der Waals surface area (Å²) in [7, 11) is -3.29. The fourth-order valence-electron chi connectivity index (χ4n) is 1.01. The Balaban J connectivity index is 2.58. The number of thiophene rings is 1. The number of sulfonamides is 1. The maximum Gasteiger partial charge on any atom is 0.252 e. The van der Waals surface area contributed by atoms with Gasteiger partial charge in [0, 0.05) is 5.56 Å². The summed E-state index contributed by atoms with van der Waals surface area (Å²) >= 11 is 1.22. The smallest absolute Gasteiger partial charge is 0.252 e. The number of hydrogen-bond acceptors (Lipinski definition) is 4. The average molecular weight is 205 g/mol. The Morgan fingerprint density at radius 2 is 2.42 bits per heavy atom. The molecule has 2 rings (SSSR count). The minimum Gasteiger partial charge on any atom is -0.361 e. The van der Waals surface area contributed by atoms with Crippen molar-refractivity contribution in [2.24, 2.45) is 0 Å². The van der Waals surface area contributed by atoms with Gasteiger partial charge in [0.05, 0.1) is 6.61 Å². The molecule has 0 saturated carbocycles. The van der Waals surface area contributed by atoms with E-state index in [4.69, 9.17) is 4.74 Å². The highest BCUT2D eigenvalue weighted by Gasteiger charge is 2.22. The van der Waals surface area contributed by atoms with E-state index in [2.05, 4.69) is 4.72 Å². The van der Waals surface area contributed by atoms with Crippen molar-refractivity contribution in [3.05, 3.63) is 17.0 Å². The Kier molecular flexibility index (Phi) is 1.91. The van der Waals surface area contributed by atoms with Crippen molar-refractivity contribution in [1.29, 1.82) is 0 Å². The van der Waals surface area contributed by atoms with Crippen LogP contribution >= 0.6 is 11.3 Å². The number of nitrogens with one attached hydrogen (secondary N) is 1. The molecule has 2 heterocycles. The second-order valence-corrected chi connectivity index (χ2v) is 5.25. The second-order valence-electron chi connectivity index (χ2n) is 2.37. The highest BCUT2D eigenvalue weighted by Crippen LogP contribution is 2.24. The van der Waals surface area contributed by atoms with Crippen LogP contribution in [0.3, 0.4) is 0 Å². The first-order valence-corrected chi connectivity index (χ1v) is 5.70. The van der Waals surface area contributed by atoms with Crippen molar-refractivity contribution in [3.8, 4) is 0 Å². The third kappa shape index (κ3) is 1.27. The lowest BCUT2D eigenvalue weighted by atomic mass is 10.4. The van der Waals surface area contributed by atoms with Gasteiger partial charge in [0.1, 0.15) is 10.9 Å². The summed E-state index contributed by atoms with van der Waals surface area (Å²) in [5.41, 5.74) is 0.741. The molecule has 1 aromatic heterocycles. The third-order valence-corrected chi connectivity index (χ3v) is 4.50. The van der Waals surface area contributed by atoms with Crippen molar-refractivity contribution < 1.29 is 13.2 Å². The third-order valence-electron chi connectivity index (χ3n) is 1.56. The van der Waals surface area contributed by atoms with Crippen LogP contribution in [0.1, 0.15) is 5.56 Å². The van der Waals surface area contributed by atoms with E-state index in [0.29, 0.717) is 10.8 Å². The van der Waals surface area contributed by atoms with E-state index in [0.717, 1.165) is 5.56 Å². The predicted octanol–water partition coefficient (Wildman–Crippen LogP) is 0.514. The first-order chi connectivity index (χ1) is 5.70. The zero-order valence-corrected chi connectivity index (χ0v) is 7.74. The SMILES string of the molecule is O=S1(=O)NCOCc2ccsc21. The molecule has 12 heavy (non-hydrogen) atoms. The maximum absolute atomic E-state index is 11.4. The summed E-state index contributed by atoms with van der Waals surface area (Å²) in [6, 6.07) is 1.77. The fraction of sp³-hybridized carbons (Fsp3) is 0.333. The van der Waals surface area contributed by atoms with Gasteiger partial charge in [0.2, 0.25) is 0 Å². The molecule has 0 aliphatic carbocycles. The normalized spacial score (nSPS) is 21.3. The summed E-state index contributed by atoms with van der Waals surface area (Å²) in [5.74, 6) is 0. The van der Waals surface area contributed by atoms with E-state index < -0.39 is 10.0 Å². The highest BCUT2D eigenvalue weighted by atomic mass is 32.2. The van der Waals surface area contributed by atoms with Gasteiger partial charge in [-0.05, 0) is 11.4 Å². The Labute approximate surface area is 74.2 Å². The average Bonchev–Trinajstić information content (AvgIpc) is 2.42. The quantitative estimate of drug-likeness (QED) is 0.671. The maximum atomic E-state index is 11.4. The molecular weight excluding hydrogens is 198 g/mol. The second kappa shape index (κ2) is 2.81. The molecule has 1 aliphatic rings. The summed E-state index contributed by atoms with van der Waals surface area (Å²) in [5, 5.41) is 1.75. The zero-order chi connectivity index (χ0) is 8.60. The molecule has 0 bridgehead atoms. The van der Waals surface area contributed by atoms with Crippen LogP contribution in [0.25, 0.3) is 0 Å². The van der Waals surface area contributed by atoms with E-state index in [1.807, 2.05) is 0 Å². The minimum atomic E-state index is -3.29. The first kappa shape index (κ1) is 8.18. The van der Waals surface area contributed by atoms with Gasteiger partial charge in [-0.15, -0.1) is 11.3 Å². The lowest BCUT2D eigenvalue weighted by molar-refractivity contribution is 0.120. The van der Waals surface area contributed by atoms with Crippen LogP contribution in [0.15, 0.2) is 15.7 Å². The molecule has 0 atom stereocenters. The lowest BCUT2D eigenvalue weighted by Gasteiger charge is -1.98. The van der Waals surface area contributed by atoms with Gasteiger partial charge >= 0.3 is 0 Å². The molecule has 0 unspecified atom stereocenters. The van der Waals surface area contributed by atoms with Crippen molar-refractivity contribution in [3.63, 3.8) is 0 Å². The first-order valence-electron chi connectivity index (χ1n) is 3.34. The molecule has 0 amide bonds. The van der Waals surface area contributed by atoms with Crippen molar-refractivity contribution in [2.75, 3.05) is 6.73 Å². The van der Waals surface area contributed by atoms with Crippen LogP contribution in [0, 0.1) is 0 Å². The van der Waals surface area contributed by atoms with Crippen LogP contribution in [-0.4, -0.2) is 15.1 Å². The molecule has 4 nitrogen and oxygen atoms in total. The van der Waals surface area contributed by atoms with E-state index in [1.165, 1.54) is 11.3 Å². The van der Waals surface area contributed by atoms with E-state index >= 15 is 0 Å². The summed E-state index contributed by atoms with van der Waals surface area (Å²) in [4.78, 5) is 0. The van der Waals surface area contributed by atoms with Gasteiger partial charge in [-0.3, -0.25) is 0 Å². The van der Waals surface area contributed by atoms with Crippen molar-refractivity contribution >= 4 is 21.4 Å². The van der Waals surface area contributed by atoms with Crippen LogP contribution in [0.2, 0.25) is 0 Å². The van der Waals surface area contributed by atoms with Crippen LogP contribution in [0.5, 0.6) is 0 Å². The van der Waals surface area contributed by atoms with Crippen LogP contribution < -0.4 is 4.72 Å². The Hall–Kier alpha value is -0.430. The van der Waals surface area contributed by atoms with Gasteiger partial charge < -0.3 is 4.74 Å². The van der Waals surface area contributed by atoms with Gasteiger partial charge in [-0.1, -0.05) is 0 Å². The number of ether oxygens (including phenoxy) is 1. The number of fused-ring (bicyclic) bond motifs is 1. The summed E-state index contributed by atoms with van der Waals surface area (Å²) < 4.78 is 30.5. The standard InChI is InChI=1S/C6H7NO3S2/c8-12(9)6-5(1-2-11-6)3-10-4-7-12/h1-2,7H,3-4H2. The van der Waals surface area contributed by atoms with Crippen LogP contribution in [0.4, 0.5) is 0 Å². The Morgan fingerprint density at radius 3 is 3.25 bits per heavy atom. The molecule has 0 spiro atoms. The molecule has 1 aromatic rings. The zero-order valence-electron chi connectivity index (χ0n) is 6.11. The monoisotopic (exact) mass is 205 g/mol. The molecule has 0 aromatic carbocycles. The molecule has 0 fully saturated rings. The van der Waals surface area contributed by atoms with Crippen LogP contribution in [-0.2, 0) is 21.4 Å². The largest absolute Gasteiger partial charge is 0.361 e. The summed E-state index contributed by atoms with van der Waals surface area (Å²) in [6.07, 6.45) is 0. The Bertz CT molecular complexity index is 381. The van der Waals surface area contributed by atoms with E-state index in [-0.39, 0.29) is 6.73 Å². The Morgan fingerprint density at radius 1 is 1.58 bits per heavy atom. The van der Waals surface area contributed by atoms with Gasteiger partial charge in [0.25, 0.3) is 10.0 Å². The molecule has 1 N–H and O–H groups in total. The summed E-state index contributed by atoms with van der Waals surface area (Å²) in [6.45, 7) is 0.425. The molecule has 1 aliphatic heterocycles. The van der Waals surface area contributed by atoms with Crippen molar-refractivity contribution in [2.45, 2.75) is 10.8 Å². The lowest BCUT2D eigenvalue weighted by Crippen LogP contribution is -2.23. The molecule has 66 valence electrons. The topological polar surface area (TPSA) is 55.4 Å². The van der Waals surface area contributed by atoms with Gasteiger partial charge in [-0.2, -0.15) is 4.72 Å². The van der Waals surface area contributed by atoms with Gasteiger partial charge in [0.15, 0.2) is 0 Å². The highest BCUT2D eigenvalue weighted by molar-refractivity contribution is 7.91.